The molecule has 0 amide bonds. The summed E-state index contributed by atoms with van der Waals surface area (Å²) < 4.78 is 23.0. The first-order valence-corrected chi connectivity index (χ1v) is 13.7. The van der Waals surface area contributed by atoms with Gasteiger partial charge in [-0.15, -0.1) is 0 Å². The van der Waals surface area contributed by atoms with Gasteiger partial charge in [-0.2, -0.15) is 0 Å². The number of hydrogen-bond acceptors (Lipinski definition) is 7. The summed E-state index contributed by atoms with van der Waals surface area (Å²) in [6.07, 6.45) is -3.29. The maximum absolute atomic E-state index is 12.5. The molecular formula is C27H36O7Si. The van der Waals surface area contributed by atoms with Crippen molar-refractivity contribution in [3.63, 3.8) is 0 Å². The lowest BCUT2D eigenvalue weighted by Gasteiger charge is -2.43. The van der Waals surface area contributed by atoms with Crippen LogP contribution >= 0.6 is 0 Å². The molecule has 7 nitrogen and oxygen atoms in total. The van der Waals surface area contributed by atoms with Gasteiger partial charge in [-0.05, 0) is 43.1 Å². The number of cyclic esters (lactones) is 1. The first-order chi connectivity index (χ1) is 16.2. The number of benzene rings is 2. The second kappa shape index (κ2) is 9.76. The first-order valence-electron chi connectivity index (χ1n) is 11.8. The van der Waals surface area contributed by atoms with Gasteiger partial charge in [0.1, 0.15) is 5.60 Å². The minimum absolute atomic E-state index is 0.0668. The zero-order valence-corrected chi connectivity index (χ0v) is 22.5. The number of aliphatic hydroxyl groups is 1. The van der Waals surface area contributed by atoms with Crippen LogP contribution in [0.15, 0.2) is 60.7 Å². The molecule has 1 heterocycles. The van der Waals surface area contributed by atoms with E-state index in [1.165, 1.54) is 6.92 Å². The van der Waals surface area contributed by atoms with Crippen molar-refractivity contribution in [3.05, 3.63) is 60.7 Å². The van der Waals surface area contributed by atoms with Gasteiger partial charge >= 0.3 is 12.1 Å². The van der Waals surface area contributed by atoms with Gasteiger partial charge in [-0.1, -0.05) is 81.4 Å². The van der Waals surface area contributed by atoms with Crippen molar-refractivity contribution in [1.29, 1.82) is 0 Å². The van der Waals surface area contributed by atoms with Crippen LogP contribution in [0.5, 0.6) is 0 Å². The van der Waals surface area contributed by atoms with E-state index >= 15 is 0 Å². The van der Waals surface area contributed by atoms with E-state index in [2.05, 4.69) is 45.0 Å². The standard InChI is InChI=1S/C27H36O7Si/c1-25(2,3)34-24(29)33-22-21(32-23(28)27(22,7)30)18-31-35(26(4,5)6,19-14-10-8-11-15-19)20-16-12-9-13-17-20/h8-17,21-22,30H,18H2,1-7H3/t21-,22-,27+/m1/s1. The highest BCUT2D eigenvalue weighted by molar-refractivity contribution is 6.99. The Labute approximate surface area is 208 Å². The van der Waals surface area contributed by atoms with Crippen LogP contribution in [0.25, 0.3) is 0 Å². The molecule has 2 aromatic carbocycles. The molecule has 3 rings (SSSR count). The third-order valence-corrected chi connectivity index (χ3v) is 11.1. The molecule has 0 bridgehead atoms. The van der Waals surface area contributed by atoms with Gasteiger partial charge < -0.3 is 23.7 Å². The highest BCUT2D eigenvalue weighted by Gasteiger charge is 2.58. The van der Waals surface area contributed by atoms with Crippen LogP contribution in [0.1, 0.15) is 48.5 Å². The fourth-order valence-electron chi connectivity index (χ4n) is 4.46. The average Bonchev–Trinajstić information content (AvgIpc) is 2.96. The van der Waals surface area contributed by atoms with Crippen molar-refractivity contribution < 1.29 is 33.3 Å². The topological polar surface area (TPSA) is 91.3 Å². The Bertz CT molecular complexity index is 983. The maximum atomic E-state index is 12.5. The average molecular weight is 501 g/mol. The molecule has 0 spiro atoms. The Balaban J connectivity index is 1.98. The Morgan fingerprint density at radius 1 is 0.971 bits per heavy atom. The number of ether oxygens (including phenoxy) is 3. The molecule has 1 aliphatic rings. The van der Waals surface area contributed by atoms with Crippen LogP contribution in [-0.2, 0) is 23.4 Å². The molecule has 1 fully saturated rings. The van der Waals surface area contributed by atoms with E-state index in [0.717, 1.165) is 10.4 Å². The Morgan fingerprint density at radius 2 is 1.46 bits per heavy atom. The summed E-state index contributed by atoms with van der Waals surface area (Å²) >= 11 is 0. The van der Waals surface area contributed by atoms with Gasteiger partial charge in [0, 0.05) is 0 Å². The SMILES string of the molecule is CC(C)(C)OC(=O)O[C@@H]1[C@@H](CO[Si](c2ccccc2)(c2ccccc2)C(C)(C)C)OC(=O)[C@@]1(C)O. The number of rotatable bonds is 6. The van der Waals surface area contributed by atoms with Crippen molar-refractivity contribution in [1.82, 2.24) is 0 Å². The van der Waals surface area contributed by atoms with Gasteiger partial charge in [0.2, 0.25) is 0 Å². The Kier molecular flexibility index (Phi) is 7.50. The van der Waals surface area contributed by atoms with E-state index in [0.29, 0.717) is 0 Å². The molecule has 1 saturated heterocycles. The third kappa shape index (κ3) is 5.60. The van der Waals surface area contributed by atoms with Crippen molar-refractivity contribution in [2.75, 3.05) is 6.61 Å². The summed E-state index contributed by atoms with van der Waals surface area (Å²) in [7, 11) is -2.94. The molecule has 1 N–H and O–H groups in total. The number of hydrogen-bond donors (Lipinski definition) is 1. The monoisotopic (exact) mass is 500 g/mol. The molecule has 190 valence electrons. The van der Waals surface area contributed by atoms with E-state index in [9.17, 15) is 14.7 Å². The minimum atomic E-state index is -2.94. The molecule has 0 aromatic heterocycles. The molecule has 8 heteroatoms. The molecule has 35 heavy (non-hydrogen) atoms. The lowest BCUT2D eigenvalue weighted by Crippen LogP contribution is -2.67. The summed E-state index contributed by atoms with van der Waals surface area (Å²) in [4.78, 5) is 24.9. The quantitative estimate of drug-likeness (QED) is 0.479. The predicted molar refractivity (Wildman–Crippen MR) is 135 cm³/mol. The highest BCUT2D eigenvalue weighted by atomic mass is 28.4. The van der Waals surface area contributed by atoms with E-state index in [1.54, 1.807) is 20.8 Å². The van der Waals surface area contributed by atoms with Crippen LogP contribution in [0.3, 0.4) is 0 Å². The molecule has 0 radical (unpaired) electrons. The molecule has 2 aromatic rings. The van der Waals surface area contributed by atoms with Gasteiger partial charge in [-0.3, -0.25) is 0 Å². The van der Waals surface area contributed by atoms with Crippen LogP contribution in [0.2, 0.25) is 5.04 Å². The Morgan fingerprint density at radius 3 is 1.89 bits per heavy atom. The minimum Gasteiger partial charge on any atom is -0.454 e. The second-order valence-corrected chi connectivity index (χ2v) is 15.4. The van der Waals surface area contributed by atoms with Gasteiger partial charge in [0.25, 0.3) is 8.32 Å². The first kappa shape index (κ1) is 26.9. The van der Waals surface area contributed by atoms with Crippen molar-refractivity contribution in [3.8, 4) is 0 Å². The summed E-state index contributed by atoms with van der Waals surface area (Å²) in [6, 6.07) is 20.0. The summed E-state index contributed by atoms with van der Waals surface area (Å²) in [5, 5.41) is 12.6. The lowest BCUT2D eigenvalue weighted by atomic mass is 9.98. The van der Waals surface area contributed by atoms with E-state index < -0.39 is 43.9 Å². The number of carbonyl (C=O) groups is 2. The van der Waals surface area contributed by atoms with Crippen LogP contribution < -0.4 is 10.4 Å². The molecule has 3 atom stereocenters. The predicted octanol–water partition coefficient (Wildman–Crippen LogP) is 3.56. The number of esters is 1. The molecule has 0 unspecified atom stereocenters. The second-order valence-electron chi connectivity index (χ2n) is 11.1. The fourth-order valence-corrected chi connectivity index (χ4v) is 9.02. The van der Waals surface area contributed by atoms with Crippen LogP contribution in [0, 0.1) is 0 Å². The van der Waals surface area contributed by atoms with E-state index in [4.69, 9.17) is 18.6 Å². The Hall–Kier alpha value is -2.68. The van der Waals surface area contributed by atoms with Crippen molar-refractivity contribution in [2.45, 2.75) is 76.9 Å². The molecule has 0 aliphatic carbocycles. The van der Waals surface area contributed by atoms with Crippen LogP contribution in [0.4, 0.5) is 4.79 Å². The number of carbonyl (C=O) groups excluding carboxylic acids is 2. The fraction of sp³-hybridized carbons (Fsp3) is 0.481. The van der Waals surface area contributed by atoms with E-state index in [-0.39, 0.29) is 11.6 Å². The van der Waals surface area contributed by atoms with Crippen LogP contribution in [-0.4, -0.2) is 55.6 Å². The lowest BCUT2D eigenvalue weighted by molar-refractivity contribution is -0.155. The zero-order valence-electron chi connectivity index (χ0n) is 21.5. The summed E-state index contributed by atoms with van der Waals surface area (Å²) in [5.74, 6) is -0.873. The van der Waals surface area contributed by atoms with E-state index in [1.807, 2.05) is 36.4 Å². The third-order valence-electron chi connectivity index (χ3n) is 6.06. The summed E-state index contributed by atoms with van der Waals surface area (Å²) in [5.41, 5.74) is -2.83. The maximum Gasteiger partial charge on any atom is 0.509 e. The normalized spacial score (nSPS) is 23.0. The van der Waals surface area contributed by atoms with Crippen molar-refractivity contribution in [2.24, 2.45) is 0 Å². The van der Waals surface area contributed by atoms with Crippen molar-refractivity contribution >= 4 is 30.8 Å². The highest BCUT2D eigenvalue weighted by Crippen LogP contribution is 2.38. The largest absolute Gasteiger partial charge is 0.509 e. The smallest absolute Gasteiger partial charge is 0.454 e. The van der Waals surface area contributed by atoms with Gasteiger partial charge in [-0.25, -0.2) is 9.59 Å². The summed E-state index contributed by atoms with van der Waals surface area (Å²) in [6.45, 7) is 12.7. The molecule has 1 aliphatic heterocycles. The van der Waals surface area contributed by atoms with Gasteiger partial charge in [0.05, 0.1) is 6.61 Å². The van der Waals surface area contributed by atoms with Gasteiger partial charge in [0.15, 0.2) is 17.8 Å². The molecule has 0 saturated carbocycles. The zero-order chi connectivity index (χ0) is 26.1. The molecular weight excluding hydrogens is 464 g/mol.